The van der Waals surface area contributed by atoms with Gasteiger partial charge in [0, 0.05) is 37.2 Å². The van der Waals surface area contributed by atoms with Gasteiger partial charge in [-0.05, 0) is 63.3 Å². The molecule has 0 unspecified atom stereocenters. The first kappa shape index (κ1) is 23.0. The second-order valence-electron chi connectivity index (χ2n) is 9.89. The number of benzene rings is 1. The fourth-order valence-electron chi connectivity index (χ4n) is 5.78. The van der Waals surface area contributed by atoms with E-state index in [-0.39, 0.29) is 23.3 Å². The van der Waals surface area contributed by atoms with E-state index in [0.29, 0.717) is 13.1 Å². The van der Waals surface area contributed by atoms with Crippen molar-refractivity contribution >= 4 is 17.9 Å². The minimum Gasteiger partial charge on any atom is -0.354 e. The highest BCUT2D eigenvalue weighted by atomic mass is 16.2. The van der Waals surface area contributed by atoms with Gasteiger partial charge in [0.05, 0.1) is 0 Å². The Balaban J connectivity index is 1.25. The Morgan fingerprint density at radius 1 is 0.906 bits per heavy atom. The number of carbonyl (C=O) groups is 2. The smallest absolute Gasteiger partial charge is 0.246 e. The summed E-state index contributed by atoms with van der Waals surface area (Å²) in [5.74, 6) is 0.261. The van der Waals surface area contributed by atoms with Gasteiger partial charge < -0.3 is 10.2 Å². The normalized spacial score (nSPS) is 22.7. The summed E-state index contributed by atoms with van der Waals surface area (Å²) in [7, 11) is 0. The van der Waals surface area contributed by atoms with E-state index >= 15 is 0 Å². The van der Waals surface area contributed by atoms with Gasteiger partial charge in [0.1, 0.15) is 0 Å². The maximum Gasteiger partial charge on any atom is 0.246 e. The Labute approximate surface area is 193 Å². The summed E-state index contributed by atoms with van der Waals surface area (Å²) in [4.78, 5) is 30.1. The van der Waals surface area contributed by atoms with Crippen molar-refractivity contribution < 1.29 is 9.59 Å². The molecule has 0 aromatic heterocycles. The average Bonchev–Trinajstić information content (AvgIpc) is 2.87. The van der Waals surface area contributed by atoms with Gasteiger partial charge in [0.2, 0.25) is 11.8 Å². The number of hydrogen-bond acceptors (Lipinski definition) is 3. The molecule has 2 aliphatic heterocycles. The first-order valence-corrected chi connectivity index (χ1v) is 12.7. The van der Waals surface area contributed by atoms with Crippen LogP contribution in [0.15, 0.2) is 36.4 Å². The van der Waals surface area contributed by atoms with Crippen molar-refractivity contribution in [2.75, 3.05) is 32.7 Å². The van der Waals surface area contributed by atoms with Crippen LogP contribution in [-0.2, 0) is 9.59 Å². The lowest BCUT2D eigenvalue weighted by Gasteiger charge is -2.48. The molecule has 3 fully saturated rings. The van der Waals surface area contributed by atoms with Crippen molar-refractivity contribution in [1.29, 1.82) is 0 Å². The topological polar surface area (TPSA) is 52.7 Å². The van der Waals surface area contributed by atoms with Crippen molar-refractivity contribution in [3.8, 4) is 0 Å². The van der Waals surface area contributed by atoms with Gasteiger partial charge in [-0.15, -0.1) is 0 Å². The molecular formula is C27H39N3O2. The van der Waals surface area contributed by atoms with Crippen molar-refractivity contribution in [2.24, 2.45) is 5.92 Å². The third-order valence-electron chi connectivity index (χ3n) is 7.80. The maximum atomic E-state index is 13.0. The molecule has 0 bridgehead atoms. The Hall–Kier alpha value is -2.14. The summed E-state index contributed by atoms with van der Waals surface area (Å²) in [6, 6.07) is 9.89. The molecule has 32 heavy (non-hydrogen) atoms. The minimum atomic E-state index is 0.0270. The van der Waals surface area contributed by atoms with Crippen LogP contribution < -0.4 is 5.32 Å². The second kappa shape index (κ2) is 11.1. The number of carbonyl (C=O) groups excluding carboxylic acids is 2. The van der Waals surface area contributed by atoms with Crippen LogP contribution in [0.3, 0.4) is 0 Å². The van der Waals surface area contributed by atoms with E-state index in [4.69, 9.17) is 0 Å². The van der Waals surface area contributed by atoms with E-state index in [0.717, 1.165) is 24.9 Å². The minimum absolute atomic E-state index is 0.0270. The lowest BCUT2D eigenvalue weighted by molar-refractivity contribution is -0.132. The van der Waals surface area contributed by atoms with Crippen molar-refractivity contribution in [1.82, 2.24) is 15.1 Å². The number of amides is 2. The molecule has 0 atom stereocenters. The zero-order valence-corrected chi connectivity index (χ0v) is 19.4. The van der Waals surface area contributed by atoms with Gasteiger partial charge in [-0.2, -0.15) is 0 Å². The lowest BCUT2D eigenvalue weighted by atomic mass is 9.79. The van der Waals surface area contributed by atoms with Crippen LogP contribution in [0.2, 0.25) is 0 Å². The highest BCUT2D eigenvalue weighted by molar-refractivity contribution is 5.92. The molecule has 3 aliphatic rings. The fourth-order valence-corrected chi connectivity index (χ4v) is 5.78. The number of hydrogen-bond donors (Lipinski definition) is 1. The van der Waals surface area contributed by atoms with Crippen LogP contribution in [0.4, 0.5) is 0 Å². The Morgan fingerprint density at radius 3 is 2.25 bits per heavy atom. The van der Waals surface area contributed by atoms with E-state index < -0.39 is 0 Å². The molecular weight excluding hydrogens is 398 g/mol. The van der Waals surface area contributed by atoms with Gasteiger partial charge in [-0.1, -0.05) is 56.0 Å². The van der Waals surface area contributed by atoms with Crippen LogP contribution >= 0.6 is 0 Å². The summed E-state index contributed by atoms with van der Waals surface area (Å²) >= 11 is 0. The molecule has 1 aromatic carbocycles. The molecule has 174 valence electrons. The van der Waals surface area contributed by atoms with E-state index in [9.17, 15) is 9.59 Å². The summed E-state index contributed by atoms with van der Waals surface area (Å²) in [5.41, 5.74) is 1.20. The fraction of sp³-hybridized carbons (Fsp3) is 0.630. The molecule has 2 amide bonds. The molecule has 0 radical (unpaired) electrons. The van der Waals surface area contributed by atoms with Gasteiger partial charge in [-0.3, -0.25) is 14.5 Å². The monoisotopic (exact) mass is 437 g/mol. The first-order valence-electron chi connectivity index (χ1n) is 12.7. The van der Waals surface area contributed by atoms with Crippen LogP contribution in [-0.4, -0.2) is 59.9 Å². The second-order valence-corrected chi connectivity index (χ2v) is 9.89. The Kier molecular flexibility index (Phi) is 8.01. The number of nitrogens with one attached hydrogen (secondary N) is 1. The molecule has 1 saturated carbocycles. The number of piperidine rings is 2. The summed E-state index contributed by atoms with van der Waals surface area (Å²) in [5, 5.41) is 3.35. The van der Waals surface area contributed by atoms with Crippen LogP contribution in [0, 0.1) is 5.92 Å². The zero-order chi connectivity index (χ0) is 22.2. The quantitative estimate of drug-likeness (QED) is 0.677. The lowest BCUT2D eigenvalue weighted by Crippen LogP contribution is -2.58. The van der Waals surface area contributed by atoms with E-state index in [1.165, 1.54) is 64.5 Å². The van der Waals surface area contributed by atoms with E-state index in [2.05, 4.69) is 10.2 Å². The van der Waals surface area contributed by atoms with Crippen molar-refractivity contribution in [2.45, 2.75) is 69.7 Å². The van der Waals surface area contributed by atoms with Gasteiger partial charge in [0.15, 0.2) is 0 Å². The molecule has 1 aromatic rings. The maximum absolute atomic E-state index is 13.0. The van der Waals surface area contributed by atoms with Crippen LogP contribution in [0.25, 0.3) is 6.08 Å². The SMILES string of the molecule is O=C(NCC1(N2CCCCC2)CCCCC1)C1CCN(C(=O)C=Cc2ccccc2)CC1. The average molecular weight is 438 g/mol. The molecule has 2 heterocycles. The molecule has 5 heteroatoms. The van der Waals surface area contributed by atoms with E-state index in [1.54, 1.807) is 6.08 Å². The Bertz CT molecular complexity index is 771. The zero-order valence-electron chi connectivity index (χ0n) is 19.4. The predicted octanol–water partition coefficient (Wildman–Crippen LogP) is 4.24. The molecule has 1 aliphatic carbocycles. The van der Waals surface area contributed by atoms with Crippen molar-refractivity contribution in [3.63, 3.8) is 0 Å². The van der Waals surface area contributed by atoms with Gasteiger partial charge >= 0.3 is 0 Å². The predicted molar refractivity (Wildman–Crippen MR) is 129 cm³/mol. The standard InChI is InChI=1S/C27H39N3O2/c31-25(13-12-23-10-4-1-5-11-23)29-20-14-24(15-21-29)26(32)28-22-27(16-6-2-7-17-27)30-18-8-3-9-19-30/h1,4-5,10-13,24H,2-3,6-9,14-22H2,(H,28,32). The van der Waals surface area contributed by atoms with Crippen molar-refractivity contribution in [3.05, 3.63) is 42.0 Å². The van der Waals surface area contributed by atoms with Gasteiger partial charge in [-0.25, -0.2) is 0 Å². The number of nitrogens with zero attached hydrogens (tertiary/aromatic N) is 2. The Morgan fingerprint density at radius 2 is 1.56 bits per heavy atom. The highest BCUT2D eigenvalue weighted by Crippen LogP contribution is 2.35. The molecule has 0 spiro atoms. The van der Waals surface area contributed by atoms with Crippen LogP contribution in [0.1, 0.15) is 69.8 Å². The summed E-state index contributed by atoms with van der Waals surface area (Å²) < 4.78 is 0. The van der Waals surface area contributed by atoms with E-state index in [1.807, 2.05) is 41.3 Å². The summed E-state index contributed by atoms with van der Waals surface area (Å²) in [6.45, 7) is 4.49. The highest BCUT2D eigenvalue weighted by Gasteiger charge is 2.39. The molecule has 2 saturated heterocycles. The number of likely N-dealkylation sites (tertiary alicyclic amines) is 2. The molecule has 1 N–H and O–H groups in total. The van der Waals surface area contributed by atoms with Gasteiger partial charge in [0.25, 0.3) is 0 Å². The molecule has 5 nitrogen and oxygen atoms in total. The third kappa shape index (κ3) is 5.80. The largest absolute Gasteiger partial charge is 0.354 e. The third-order valence-corrected chi connectivity index (χ3v) is 7.80. The first-order chi connectivity index (χ1) is 15.7. The summed E-state index contributed by atoms with van der Waals surface area (Å²) in [6.07, 6.45) is 15.3. The molecule has 4 rings (SSSR count). The van der Waals surface area contributed by atoms with Crippen LogP contribution in [0.5, 0.6) is 0 Å². The number of rotatable bonds is 6.